The summed E-state index contributed by atoms with van der Waals surface area (Å²) >= 11 is 0. The average molecular weight is 437 g/mol. The molecule has 2 N–H and O–H groups in total. The number of fused-ring (bicyclic) bond motifs is 1. The minimum absolute atomic E-state index is 0.161. The number of para-hydroxylation sites is 2. The van der Waals surface area contributed by atoms with Crippen molar-refractivity contribution in [2.45, 2.75) is 32.5 Å². The van der Waals surface area contributed by atoms with Gasteiger partial charge in [0.25, 0.3) is 0 Å². The van der Waals surface area contributed by atoms with Crippen LogP contribution in [0.1, 0.15) is 25.3 Å². The van der Waals surface area contributed by atoms with E-state index in [1.807, 2.05) is 49.4 Å². The Hall–Kier alpha value is -3.39. The Morgan fingerprint density at radius 1 is 1.12 bits per heavy atom. The summed E-state index contributed by atoms with van der Waals surface area (Å²) in [5.41, 5.74) is 1.42. The Morgan fingerprint density at radius 2 is 1.88 bits per heavy atom. The van der Waals surface area contributed by atoms with Crippen molar-refractivity contribution in [1.82, 2.24) is 15.1 Å². The van der Waals surface area contributed by atoms with Gasteiger partial charge in [-0.15, -0.1) is 0 Å². The van der Waals surface area contributed by atoms with Crippen LogP contribution in [0, 0.1) is 5.92 Å². The number of anilines is 1. The van der Waals surface area contributed by atoms with Crippen molar-refractivity contribution >= 4 is 23.5 Å². The molecule has 2 unspecified atom stereocenters. The lowest BCUT2D eigenvalue weighted by Gasteiger charge is -2.46. The van der Waals surface area contributed by atoms with Crippen molar-refractivity contribution < 1.29 is 19.1 Å². The maximum absolute atomic E-state index is 13.3. The van der Waals surface area contributed by atoms with Gasteiger partial charge in [0, 0.05) is 0 Å². The third-order valence-corrected chi connectivity index (χ3v) is 5.78. The molecule has 2 aromatic carbocycles. The summed E-state index contributed by atoms with van der Waals surface area (Å²) in [7, 11) is 0. The van der Waals surface area contributed by atoms with Crippen molar-refractivity contribution in [2.24, 2.45) is 5.92 Å². The Bertz CT molecular complexity index is 981. The highest BCUT2D eigenvalue weighted by atomic mass is 16.5. The van der Waals surface area contributed by atoms with Crippen LogP contribution in [0.4, 0.5) is 10.5 Å². The van der Waals surface area contributed by atoms with Crippen LogP contribution in [-0.2, 0) is 16.1 Å². The predicted octanol–water partition coefficient (Wildman–Crippen LogP) is 2.81. The number of hydrogen-bond acceptors (Lipinski definition) is 5. The summed E-state index contributed by atoms with van der Waals surface area (Å²) in [6, 6.07) is 16.1. The van der Waals surface area contributed by atoms with E-state index in [1.165, 1.54) is 9.80 Å². The zero-order valence-corrected chi connectivity index (χ0v) is 18.1. The predicted molar refractivity (Wildman–Crippen MR) is 120 cm³/mol. The number of ether oxygens (including phenoxy) is 1. The quantitative estimate of drug-likeness (QED) is 0.697. The number of benzene rings is 2. The van der Waals surface area contributed by atoms with E-state index >= 15 is 0 Å². The highest BCUT2D eigenvalue weighted by molar-refractivity contribution is 6.01. The van der Waals surface area contributed by atoms with E-state index in [0.29, 0.717) is 31.0 Å². The molecule has 0 radical (unpaired) electrons. The molecule has 8 nitrogen and oxygen atoms in total. The number of amides is 4. The van der Waals surface area contributed by atoms with Crippen LogP contribution >= 0.6 is 0 Å². The molecule has 2 heterocycles. The van der Waals surface area contributed by atoms with Crippen molar-refractivity contribution in [3.63, 3.8) is 0 Å². The number of imide groups is 1. The molecular formula is C24H28N4O4. The molecule has 4 amide bonds. The van der Waals surface area contributed by atoms with Crippen molar-refractivity contribution in [3.8, 4) is 5.75 Å². The van der Waals surface area contributed by atoms with Crippen LogP contribution < -0.4 is 15.4 Å². The molecular weight excluding hydrogens is 408 g/mol. The zero-order chi connectivity index (χ0) is 22.5. The molecule has 0 bridgehead atoms. The molecule has 0 spiro atoms. The minimum atomic E-state index is -0.483. The van der Waals surface area contributed by atoms with Gasteiger partial charge in [-0.3, -0.25) is 24.7 Å². The van der Waals surface area contributed by atoms with E-state index in [2.05, 4.69) is 10.6 Å². The minimum Gasteiger partial charge on any atom is -0.492 e. The van der Waals surface area contributed by atoms with Gasteiger partial charge < -0.3 is 10.1 Å². The van der Waals surface area contributed by atoms with Crippen LogP contribution in [0.2, 0.25) is 0 Å². The lowest BCUT2D eigenvalue weighted by Crippen LogP contribution is -2.68. The molecule has 0 saturated carbocycles. The number of hydrogen-bond donors (Lipinski definition) is 2. The highest BCUT2D eigenvalue weighted by Gasteiger charge is 2.47. The fraction of sp³-hybridized carbons (Fsp3) is 0.375. The van der Waals surface area contributed by atoms with Gasteiger partial charge >= 0.3 is 6.03 Å². The second-order valence-electron chi connectivity index (χ2n) is 7.95. The number of nitrogens with one attached hydrogen (secondary N) is 2. The van der Waals surface area contributed by atoms with Crippen molar-refractivity contribution in [1.29, 1.82) is 0 Å². The lowest BCUT2D eigenvalue weighted by molar-refractivity contribution is -0.143. The fourth-order valence-corrected chi connectivity index (χ4v) is 4.30. The Balaban J connectivity index is 1.53. The first-order valence-corrected chi connectivity index (χ1v) is 11.0. The molecule has 0 aromatic heterocycles. The number of rotatable bonds is 7. The maximum atomic E-state index is 13.3. The van der Waals surface area contributed by atoms with Crippen LogP contribution in [0.25, 0.3) is 0 Å². The molecule has 2 fully saturated rings. The number of carbonyl (C=O) groups is 3. The summed E-state index contributed by atoms with van der Waals surface area (Å²) in [4.78, 5) is 42.1. The second-order valence-corrected chi connectivity index (χ2v) is 7.95. The van der Waals surface area contributed by atoms with E-state index in [4.69, 9.17) is 4.74 Å². The fourth-order valence-electron chi connectivity index (χ4n) is 4.30. The zero-order valence-electron chi connectivity index (χ0n) is 18.1. The second kappa shape index (κ2) is 9.82. The Morgan fingerprint density at radius 3 is 2.66 bits per heavy atom. The van der Waals surface area contributed by atoms with Gasteiger partial charge in [0.15, 0.2) is 0 Å². The normalized spacial score (nSPS) is 20.7. The number of piperidine rings is 1. The Kier molecular flexibility index (Phi) is 6.70. The third-order valence-electron chi connectivity index (χ3n) is 5.78. The lowest BCUT2D eigenvalue weighted by atomic mass is 9.91. The summed E-state index contributed by atoms with van der Waals surface area (Å²) in [6.07, 6.45) is 1.05. The van der Waals surface area contributed by atoms with Crippen molar-refractivity contribution in [3.05, 3.63) is 60.2 Å². The number of carbonyl (C=O) groups excluding carboxylic acids is 3. The van der Waals surface area contributed by atoms with Crippen LogP contribution in [0.15, 0.2) is 54.6 Å². The summed E-state index contributed by atoms with van der Waals surface area (Å²) in [5.74, 6) is -0.323. The van der Waals surface area contributed by atoms with Gasteiger partial charge in [-0.1, -0.05) is 42.5 Å². The van der Waals surface area contributed by atoms with E-state index in [-0.39, 0.29) is 30.8 Å². The molecule has 2 aliphatic rings. The number of nitrogens with zero attached hydrogens (tertiary/aromatic N) is 2. The molecule has 2 atom stereocenters. The smallest absolute Gasteiger partial charge is 0.328 e. The van der Waals surface area contributed by atoms with E-state index in [0.717, 1.165) is 12.0 Å². The van der Waals surface area contributed by atoms with Gasteiger partial charge in [0.2, 0.25) is 11.8 Å². The van der Waals surface area contributed by atoms with E-state index in [1.54, 1.807) is 12.1 Å². The molecule has 2 saturated heterocycles. The molecule has 32 heavy (non-hydrogen) atoms. The SMILES string of the molecule is CCOc1ccccc1NC(=O)CN1C(=O)N(Cc2ccccc2)C(=O)C2CCCNC21. The third kappa shape index (κ3) is 4.60. The van der Waals surface area contributed by atoms with E-state index in [9.17, 15) is 14.4 Å². The van der Waals surface area contributed by atoms with Gasteiger partial charge in [-0.25, -0.2) is 4.79 Å². The van der Waals surface area contributed by atoms with Crippen LogP contribution in [0.3, 0.4) is 0 Å². The average Bonchev–Trinajstić information content (AvgIpc) is 2.81. The standard InChI is InChI=1S/C24H28N4O4/c1-2-32-20-13-7-6-12-19(20)26-21(29)16-27-22-18(11-8-14-25-22)23(30)28(24(27)31)15-17-9-4-3-5-10-17/h3-7,9-10,12-13,18,22,25H,2,8,11,14-16H2,1H3,(H,26,29). The molecule has 2 aromatic rings. The van der Waals surface area contributed by atoms with Gasteiger partial charge in [0.05, 0.1) is 30.9 Å². The maximum Gasteiger partial charge on any atom is 0.328 e. The van der Waals surface area contributed by atoms with Gasteiger partial charge in [-0.2, -0.15) is 0 Å². The van der Waals surface area contributed by atoms with Gasteiger partial charge in [-0.05, 0) is 44.0 Å². The monoisotopic (exact) mass is 436 g/mol. The summed E-state index contributed by atoms with van der Waals surface area (Å²) in [6.45, 7) is 3.07. The first-order valence-electron chi connectivity index (χ1n) is 11.0. The Labute approximate surface area is 187 Å². The van der Waals surface area contributed by atoms with E-state index < -0.39 is 12.2 Å². The van der Waals surface area contributed by atoms with Crippen LogP contribution in [-0.4, -0.2) is 53.5 Å². The van der Waals surface area contributed by atoms with Gasteiger partial charge in [0.1, 0.15) is 12.3 Å². The molecule has 0 aliphatic carbocycles. The number of urea groups is 1. The molecule has 168 valence electrons. The van der Waals surface area contributed by atoms with Crippen LogP contribution in [0.5, 0.6) is 5.75 Å². The van der Waals surface area contributed by atoms with Crippen molar-refractivity contribution in [2.75, 3.05) is 25.0 Å². The molecule has 2 aliphatic heterocycles. The molecule has 4 rings (SSSR count). The summed E-state index contributed by atoms with van der Waals surface area (Å²) < 4.78 is 5.57. The topological polar surface area (TPSA) is 91.0 Å². The highest BCUT2D eigenvalue weighted by Crippen LogP contribution is 2.29. The first-order chi connectivity index (χ1) is 15.6. The first kappa shape index (κ1) is 21.8. The largest absolute Gasteiger partial charge is 0.492 e. The molecule has 8 heteroatoms. The summed E-state index contributed by atoms with van der Waals surface area (Å²) in [5, 5.41) is 6.12.